The van der Waals surface area contributed by atoms with E-state index in [0.29, 0.717) is 36.7 Å². The fourth-order valence-corrected chi connectivity index (χ4v) is 4.77. The highest BCUT2D eigenvalue weighted by molar-refractivity contribution is 7.86. The first-order chi connectivity index (χ1) is 16.8. The number of halogens is 1. The average molecular weight is 517 g/mol. The van der Waals surface area contributed by atoms with Gasteiger partial charge in [-0.3, -0.25) is 4.18 Å². The summed E-state index contributed by atoms with van der Waals surface area (Å²) in [6.07, 6.45) is 1.29. The van der Waals surface area contributed by atoms with Crippen LogP contribution in [0.5, 0.6) is 0 Å². The van der Waals surface area contributed by atoms with E-state index in [1.54, 1.807) is 4.57 Å². The van der Waals surface area contributed by atoms with Crippen LogP contribution < -0.4 is 0 Å². The number of hydrogen-bond acceptors (Lipinski definition) is 8. The summed E-state index contributed by atoms with van der Waals surface area (Å²) in [4.78, 5) is 4.34. The molecule has 2 N–H and O–H groups in total. The number of hydrogen-bond donors (Lipinski definition) is 2. The van der Waals surface area contributed by atoms with Crippen molar-refractivity contribution in [2.24, 2.45) is 0 Å². The Kier molecular flexibility index (Phi) is 7.60. The fraction of sp³-hybridized carbons (Fsp3) is 0.304. The number of tetrazole rings is 1. The summed E-state index contributed by atoms with van der Waals surface area (Å²) < 4.78 is 30.7. The van der Waals surface area contributed by atoms with Gasteiger partial charge in [0.05, 0.1) is 18.6 Å². The van der Waals surface area contributed by atoms with Gasteiger partial charge in [0.25, 0.3) is 10.1 Å². The van der Waals surface area contributed by atoms with Crippen LogP contribution in [0.25, 0.3) is 22.5 Å². The molecule has 2 aromatic heterocycles. The van der Waals surface area contributed by atoms with E-state index in [1.165, 1.54) is 0 Å². The molecule has 0 amide bonds. The second-order valence-electron chi connectivity index (χ2n) is 8.01. The molecule has 0 fully saturated rings. The van der Waals surface area contributed by atoms with Crippen LogP contribution in [0.1, 0.15) is 43.0 Å². The molecule has 0 aliphatic carbocycles. The standard InChI is InChI=1S/C23H25ClN6O4S/c1-3-6-20(34-35(2,32)33)23-25-21(24)19(14-31)30(23)13-15-9-11-16(12-10-15)17-7-4-5-8-18(17)22-26-28-29-27-22/h4-5,7-12,20,31H,3,6,13-14H2,1-2H3,(H,26,27,28,29). The van der Waals surface area contributed by atoms with E-state index >= 15 is 0 Å². The number of imidazole rings is 1. The van der Waals surface area contributed by atoms with Crippen molar-refractivity contribution < 1.29 is 17.7 Å². The molecule has 0 bridgehead atoms. The number of nitrogens with one attached hydrogen (secondary N) is 1. The van der Waals surface area contributed by atoms with E-state index in [0.717, 1.165) is 28.5 Å². The van der Waals surface area contributed by atoms with Crippen LogP contribution in [-0.2, 0) is 27.5 Å². The second-order valence-corrected chi connectivity index (χ2v) is 9.97. The third kappa shape index (κ3) is 5.76. The Bertz CT molecular complexity index is 1390. The number of benzene rings is 2. The van der Waals surface area contributed by atoms with Gasteiger partial charge in [0.1, 0.15) is 11.9 Å². The lowest BCUT2D eigenvalue weighted by Crippen LogP contribution is -2.17. The maximum atomic E-state index is 11.8. The molecule has 2 aromatic carbocycles. The van der Waals surface area contributed by atoms with E-state index < -0.39 is 16.2 Å². The van der Waals surface area contributed by atoms with Gasteiger partial charge in [0.2, 0.25) is 5.82 Å². The van der Waals surface area contributed by atoms with Crippen LogP contribution in [0.2, 0.25) is 5.15 Å². The first-order valence-corrected chi connectivity index (χ1v) is 13.2. The van der Waals surface area contributed by atoms with Crippen molar-refractivity contribution in [2.45, 2.75) is 39.0 Å². The van der Waals surface area contributed by atoms with E-state index in [1.807, 2.05) is 55.5 Å². The number of aromatic nitrogens is 6. The van der Waals surface area contributed by atoms with Crippen molar-refractivity contribution in [3.63, 3.8) is 0 Å². The Labute approximate surface area is 208 Å². The van der Waals surface area contributed by atoms with Gasteiger partial charge in [0, 0.05) is 12.1 Å². The Balaban J connectivity index is 1.67. The lowest BCUT2D eigenvalue weighted by molar-refractivity contribution is 0.187. The van der Waals surface area contributed by atoms with Crippen molar-refractivity contribution in [2.75, 3.05) is 6.26 Å². The minimum atomic E-state index is -3.73. The van der Waals surface area contributed by atoms with Crippen molar-refractivity contribution >= 4 is 21.7 Å². The number of H-pyrrole nitrogens is 1. The zero-order valence-corrected chi connectivity index (χ0v) is 20.8. The third-order valence-corrected chi connectivity index (χ3v) is 6.34. The molecule has 0 aliphatic heterocycles. The van der Waals surface area contributed by atoms with Crippen LogP contribution in [0.15, 0.2) is 48.5 Å². The predicted molar refractivity (Wildman–Crippen MR) is 131 cm³/mol. The smallest absolute Gasteiger partial charge is 0.265 e. The zero-order valence-electron chi connectivity index (χ0n) is 19.2. The molecule has 184 valence electrons. The first kappa shape index (κ1) is 25.0. The molecular formula is C23H25ClN6O4S. The lowest BCUT2D eigenvalue weighted by Gasteiger charge is -2.18. The topological polar surface area (TPSA) is 136 Å². The Morgan fingerprint density at radius 3 is 2.46 bits per heavy atom. The van der Waals surface area contributed by atoms with Crippen LogP contribution >= 0.6 is 11.6 Å². The summed E-state index contributed by atoms with van der Waals surface area (Å²) in [5, 5.41) is 24.3. The number of aromatic amines is 1. The third-order valence-electron chi connectivity index (χ3n) is 5.45. The SMILES string of the molecule is CCCC(OS(C)(=O)=O)c1nc(Cl)c(CO)n1Cc1ccc(-c2ccccc2-c2nn[nH]n2)cc1. The molecule has 4 aromatic rings. The van der Waals surface area contributed by atoms with Crippen molar-refractivity contribution in [3.8, 4) is 22.5 Å². The van der Waals surface area contributed by atoms with Crippen molar-refractivity contribution in [3.05, 3.63) is 70.8 Å². The van der Waals surface area contributed by atoms with Gasteiger partial charge in [0.15, 0.2) is 5.15 Å². The molecule has 1 atom stereocenters. The Morgan fingerprint density at radius 2 is 1.86 bits per heavy atom. The van der Waals surface area contributed by atoms with Gasteiger partial charge >= 0.3 is 0 Å². The second kappa shape index (κ2) is 10.6. The van der Waals surface area contributed by atoms with Crippen LogP contribution in [0.3, 0.4) is 0 Å². The molecule has 0 spiro atoms. The Morgan fingerprint density at radius 1 is 1.14 bits per heavy atom. The maximum Gasteiger partial charge on any atom is 0.265 e. The number of nitrogens with zero attached hydrogens (tertiary/aromatic N) is 5. The molecule has 35 heavy (non-hydrogen) atoms. The molecule has 0 radical (unpaired) electrons. The zero-order chi connectivity index (χ0) is 25.0. The molecule has 2 heterocycles. The predicted octanol–water partition coefficient (Wildman–Crippen LogP) is 3.74. The lowest BCUT2D eigenvalue weighted by atomic mass is 9.98. The van der Waals surface area contributed by atoms with Crippen LogP contribution in [-0.4, -0.2) is 50.0 Å². The summed E-state index contributed by atoms with van der Waals surface area (Å²) in [7, 11) is -3.73. The molecule has 0 saturated carbocycles. The summed E-state index contributed by atoms with van der Waals surface area (Å²) in [5.74, 6) is 0.862. The highest BCUT2D eigenvalue weighted by Gasteiger charge is 2.26. The molecule has 4 rings (SSSR count). The van der Waals surface area contributed by atoms with Gasteiger partial charge in [-0.15, -0.1) is 10.2 Å². The summed E-state index contributed by atoms with van der Waals surface area (Å²) >= 11 is 6.29. The first-order valence-electron chi connectivity index (χ1n) is 11.0. The largest absolute Gasteiger partial charge is 0.390 e. The van der Waals surface area contributed by atoms with Crippen molar-refractivity contribution in [1.29, 1.82) is 0 Å². The van der Waals surface area contributed by atoms with Gasteiger partial charge in [-0.2, -0.15) is 13.6 Å². The highest BCUT2D eigenvalue weighted by Crippen LogP contribution is 2.32. The van der Waals surface area contributed by atoms with Crippen LogP contribution in [0, 0.1) is 0 Å². The van der Waals surface area contributed by atoms with Crippen molar-refractivity contribution in [1.82, 2.24) is 30.2 Å². The van der Waals surface area contributed by atoms with E-state index in [4.69, 9.17) is 15.8 Å². The molecule has 12 heteroatoms. The quantitative estimate of drug-likeness (QED) is 0.304. The van der Waals surface area contributed by atoms with Crippen LogP contribution in [0.4, 0.5) is 0 Å². The van der Waals surface area contributed by atoms with E-state index in [-0.39, 0.29) is 11.8 Å². The molecular weight excluding hydrogens is 492 g/mol. The van der Waals surface area contributed by atoms with Gasteiger partial charge in [-0.1, -0.05) is 73.5 Å². The molecule has 0 aliphatic rings. The van der Waals surface area contributed by atoms with Gasteiger partial charge in [-0.25, -0.2) is 4.98 Å². The van der Waals surface area contributed by atoms with Gasteiger partial charge < -0.3 is 9.67 Å². The summed E-state index contributed by atoms with van der Waals surface area (Å²) in [6, 6.07) is 15.6. The fourth-order valence-electron chi connectivity index (χ4n) is 3.92. The average Bonchev–Trinajstić information content (AvgIpc) is 3.47. The summed E-state index contributed by atoms with van der Waals surface area (Å²) in [5.41, 5.74) is 4.06. The van der Waals surface area contributed by atoms with Gasteiger partial charge in [-0.05, 0) is 28.3 Å². The minimum absolute atomic E-state index is 0.117. The molecule has 1 unspecified atom stereocenters. The number of aliphatic hydroxyl groups excluding tert-OH is 1. The minimum Gasteiger partial charge on any atom is -0.390 e. The highest BCUT2D eigenvalue weighted by atomic mass is 35.5. The van der Waals surface area contributed by atoms with E-state index in [2.05, 4.69) is 25.6 Å². The number of rotatable bonds is 10. The molecule has 0 saturated heterocycles. The normalized spacial score (nSPS) is 12.7. The Hall–Kier alpha value is -3.12. The summed E-state index contributed by atoms with van der Waals surface area (Å²) in [6.45, 7) is 1.90. The number of aliphatic hydroxyl groups is 1. The monoisotopic (exact) mass is 516 g/mol. The van der Waals surface area contributed by atoms with E-state index in [9.17, 15) is 13.5 Å². The maximum absolute atomic E-state index is 11.8. The molecule has 10 nitrogen and oxygen atoms in total.